The average molecular weight is 614 g/mol. The van der Waals surface area contributed by atoms with E-state index in [2.05, 4.69) is 124 Å². The van der Waals surface area contributed by atoms with Gasteiger partial charge in [-0.25, -0.2) is 0 Å². The SMILES string of the molecule is CCCN1/C(=C/C=C2\CCCC(/C=C/C3N(CCC)c4ccccc4C3(C)C)=C2Oc2ccc(N)cc2)C(C)(C)c2ccccc21. The minimum Gasteiger partial charge on any atom is -0.457 e. The molecule has 0 saturated heterocycles. The number of ether oxygens (including phenoxy) is 1. The Morgan fingerprint density at radius 2 is 1.48 bits per heavy atom. The molecule has 0 saturated carbocycles. The van der Waals surface area contributed by atoms with E-state index in [0.717, 1.165) is 62.4 Å². The minimum absolute atomic E-state index is 0.00432. The van der Waals surface area contributed by atoms with Crippen molar-refractivity contribution >= 4 is 17.1 Å². The van der Waals surface area contributed by atoms with Gasteiger partial charge in [0.15, 0.2) is 0 Å². The summed E-state index contributed by atoms with van der Waals surface area (Å²) >= 11 is 0. The zero-order valence-corrected chi connectivity index (χ0v) is 28.6. The summed E-state index contributed by atoms with van der Waals surface area (Å²) in [5, 5.41) is 0. The zero-order chi connectivity index (χ0) is 32.5. The van der Waals surface area contributed by atoms with Gasteiger partial charge in [0.25, 0.3) is 0 Å². The normalized spacial score (nSPS) is 21.8. The van der Waals surface area contributed by atoms with Crippen molar-refractivity contribution in [3.05, 3.63) is 131 Å². The van der Waals surface area contributed by atoms with Gasteiger partial charge in [-0.2, -0.15) is 0 Å². The molecule has 3 aromatic carbocycles. The third-order valence-electron chi connectivity index (χ3n) is 10.2. The van der Waals surface area contributed by atoms with Crippen LogP contribution in [0.5, 0.6) is 5.75 Å². The number of nitrogen functional groups attached to an aromatic ring is 1. The molecule has 4 heteroatoms. The van der Waals surface area contributed by atoms with E-state index in [1.807, 2.05) is 24.3 Å². The molecule has 2 N–H and O–H groups in total. The number of para-hydroxylation sites is 2. The Hall–Kier alpha value is -4.18. The van der Waals surface area contributed by atoms with E-state index in [1.54, 1.807) is 0 Å². The van der Waals surface area contributed by atoms with Crippen LogP contribution in [0.3, 0.4) is 0 Å². The van der Waals surface area contributed by atoms with Gasteiger partial charge >= 0.3 is 0 Å². The van der Waals surface area contributed by atoms with Crippen molar-refractivity contribution in [2.45, 2.75) is 90.5 Å². The Morgan fingerprint density at radius 1 is 0.804 bits per heavy atom. The van der Waals surface area contributed by atoms with E-state index in [0.29, 0.717) is 0 Å². The lowest BCUT2D eigenvalue weighted by Crippen LogP contribution is -2.40. The fraction of sp³-hybridized carbons (Fsp3) is 0.381. The molecule has 0 spiro atoms. The van der Waals surface area contributed by atoms with Crippen LogP contribution >= 0.6 is 0 Å². The van der Waals surface area contributed by atoms with E-state index in [1.165, 1.54) is 39.3 Å². The number of anilines is 3. The molecule has 240 valence electrons. The maximum Gasteiger partial charge on any atom is 0.133 e. The fourth-order valence-corrected chi connectivity index (χ4v) is 7.81. The highest BCUT2D eigenvalue weighted by atomic mass is 16.5. The van der Waals surface area contributed by atoms with Crippen molar-refractivity contribution in [1.82, 2.24) is 0 Å². The fourth-order valence-electron chi connectivity index (χ4n) is 7.81. The number of nitrogens with two attached hydrogens (primary N) is 1. The molecular formula is C42H51N3O. The second-order valence-electron chi connectivity index (χ2n) is 14.2. The van der Waals surface area contributed by atoms with Gasteiger partial charge in [-0.1, -0.05) is 96.2 Å². The van der Waals surface area contributed by atoms with Gasteiger partial charge in [0.1, 0.15) is 11.5 Å². The summed E-state index contributed by atoms with van der Waals surface area (Å²) < 4.78 is 6.79. The minimum atomic E-state index is -0.0757. The molecule has 2 aliphatic heterocycles. The number of benzene rings is 3. The first-order valence-corrected chi connectivity index (χ1v) is 17.3. The molecule has 0 bridgehead atoms. The predicted molar refractivity (Wildman–Crippen MR) is 196 cm³/mol. The van der Waals surface area contributed by atoms with Crippen molar-refractivity contribution in [2.75, 3.05) is 28.6 Å². The first kappa shape index (κ1) is 31.8. The molecule has 4 nitrogen and oxygen atoms in total. The number of fused-ring (bicyclic) bond motifs is 2. The van der Waals surface area contributed by atoms with E-state index < -0.39 is 0 Å². The van der Waals surface area contributed by atoms with Gasteiger partial charge < -0.3 is 20.3 Å². The molecule has 0 radical (unpaired) electrons. The summed E-state index contributed by atoms with van der Waals surface area (Å²) in [5.41, 5.74) is 16.1. The van der Waals surface area contributed by atoms with Gasteiger partial charge in [0.05, 0.1) is 6.04 Å². The summed E-state index contributed by atoms with van der Waals surface area (Å²) in [6.45, 7) is 16.1. The highest BCUT2D eigenvalue weighted by Gasteiger charge is 2.43. The number of hydrogen-bond acceptors (Lipinski definition) is 4. The van der Waals surface area contributed by atoms with Gasteiger partial charge in [-0.15, -0.1) is 0 Å². The Bertz CT molecular complexity index is 1690. The lowest BCUT2D eigenvalue weighted by Gasteiger charge is -2.32. The van der Waals surface area contributed by atoms with Gasteiger partial charge in [0.2, 0.25) is 0 Å². The van der Waals surface area contributed by atoms with E-state index >= 15 is 0 Å². The lowest BCUT2D eigenvalue weighted by atomic mass is 9.80. The third kappa shape index (κ3) is 5.79. The molecule has 0 fully saturated rings. The number of allylic oxidation sites excluding steroid dienone is 6. The van der Waals surface area contributed by atoms with Crippen LogP contribution in [0.1, 0.15) is 84.8 Å². The van der Waals surface area contributed by atoms with Crippen LogP contribution < -0.4 is 20.3 Å². The average Bonchev–Trinajstić information content (AvgIpc) is 3.39. The molecule has 0 aromatic heterocycles. The molecular weight excluding hydrogens is 562 g/mol. The lowest BCUT2D eigenvalue weighted by molar-refractivity contribution is 0.415. The highest BCUT2D eigenvalue weighted by Crippen LogP contribution is 2.48. The van der Waals surface area contributed by atoms with Crippen molar-refractivity contribution < 1.29 is 4.74 Å². The Kier molecular flexibility index (Phi) is 8.92. The summed E-state index contributed by atoms with van der Waals surface area (Å²) in [6.07, 6.45) is 14.8. The molecule has 1 aliphatic carbocycles. The molecule has 0 amide bonds. The maximum absolute atomic E-state index is 6.79. The smallest absolute Gasteiger partial charge is 0.133 e. The maximum atomic E-state index is 6.79. The van der Waals surface area contributed by atoms with Crippen LogP contribution in [0.2, 0.25) is 0 Å². The van der Waals surface area contributed by atoms with Gasteiger partial charge in [-0.05, 0) is 96.9 Å². The summed E-state index contributed by atoms with van der Waals surface area (Å²) in [5.74, 6) is 1.80. The van der Waals surface area contributed by atoms with Crippen molar-refractivity contribution in [3.63, 3.8) is 0 Å². The number of hydrogen-bond donors (Lipinski definition) is 1. The Morgan fingerprint density at radius 3 is 2.20 bits per heavy atom. The van der Waals surface area contributed by atoms with Crippen LogP contribution in [0, 0.1) is 0 Å². The summed E-state index contributed by atoms with van der Waals surface area (Å²) in [7, 11) is 0. The van der Waals surface area contributed by atoms with E-state index in [-0.39, 0.29) is 16.9 Å². The summed E-state index contributed by atoms with van der Waals surface area (Å²) in [6, 6.07) is 25.9. The van der Waals surface area contributed by atoms with Crippen LogP contribution in [0.25, 0.3) is 0 Å². The number of nitrogens with zero attached hydrogens (tertiary/aromatic N) is 2. The first-order valence-electron chi connectivity index (χ1n) is 17.3. The van der Waals surface area contributed by atoms with Gasteiger partial charge in [-0.3, -0.25) is 0 Å². The second-order valence-corrected chi connectivity index (χ2v) is 14.2. The standard InChI is InChI=1S/C42H51N3O/c1-7-28-44-36-18-11-9-16-34(36)41(3,4)38(44)26-20-30-14-13-15-31(40(30)46-33-24-22-32(43)23-25-33)21-27-39-42(5,6)35-17-10-12-19-37(35)45(39)29-8-2/h9-12,16-27,38H,7-8,13-15,28-29,43H2,1-6H3/b26-20+,31-21+,39-27+. The predicted octanol–water partition coefficient (Wildman–Crippen LogP) is 10.2. The van der Waals surface area contributed by atoms with E-state index in [9.17, 15) is 0 Å². The quantitative estimate of drug-likeness (QED) is 0.244. The van der Waals surface area contributed by atoms with Crippen LogP contribution in [-0.4, -0.2) is 19.1 Å². The Balaban J connectivity index is 1.42. The number of rotatable bonds is 9. The topological polar surface area (TPSA) is 41.7 Å². The molecule has 46 heavy (non-hydrogen) atoms. The molecule has 1 unspecified atom stereocenters. The summed E-state index contributed by atoms with van der Waals surface area (Å²) in [4.78, 5) is 5.11. The van der Waals surface area contributed by atoms with Crippen LogP contribution in [0.4, 0.5) is 17.1 Å². The Labute approximate surface area is 277 Å². The van der Waals surface area contributed by atoms with Crippen molar-refractivity contribution in [2.24, 2.45) is 0 Å². The van der Waals surface area contributed by atoms with Gasteiger partial charge in [0, 0.05) is 46.7 Å². The van der Waals surface area contributed by atoms with Crippen molar-refractivity contribution in [1.29, 1.82) is 0 Å². The van der Waals surface area contributed by atoms with Crippen LogP contribution in [0.15, 0.2) is 120 Å². The molecule has 2 heterocycles. The van der Waals surface area contributed by atoms with Crippen molar-refractivity contribution in [3.8, 4) is 5.75 Å². The molecule has 1 atom stereocenters. The zero-order valence-electron chi connectivity index (χ0n) is 28.6. The monoisotopic (exact) mass is 613 g/mol. The third-order valence-corrected chi connectivity index (χ3v) is 10.2. The van der Waals surface area contributed by atoms with Crippen LogP contribution in [-0.2, 0) is 10.8 Å². The first-order chi connectivity index (χ1) is 22.2. The largest absolute Gasteiger partial charge is 0.457 e. The highest BCUT2D eigenvalue weighted by molar-refractivity contribution is 5.71. The second kappa shape index (κ2) is 12.9. The molecule has 3 aliphatic rings. The van der Waals surface area contributed by atoms with E-state index in [4.69, 9.17) is 10.5 Å². The molecule has 3 aromatic rings. The molecule has 6 rings (SSSR count).